The third-order valence-corrected chi connectivity index (χ3v) is 12.3. The van der Waals surface area contributed by atoms with E-state index in [4.69, 9.17) is 18.9 Å². The van der Waals surface area contributed by atoms with Crippen molar-refractivity contribution >= 4 is 0 Å². The lowest BCUT2D eigenvalue weighted by Gasteiger charge is -2.41. The summed E-state index contributed by atoms with van der Waals surface area (Å²) >= 11 is 0. The number of ether oxygens (including phenoxy) is 6. The first kappa shape index (κ1) is 67.2. The largest absolute Gasteiger partial charge is 0.462 e. The van der Waals surface area contributed by atoms with E-state index in [1.807, 2.05) is 0 Å². The topological polar surface area (TPSA) is 61.6 Å². The molecule has 6 unspecified atom stereocenters. The second-order valence-electron chi connectivity index (χ2n) is 21.2. The zero-order valence-corrected chi connectivity index (χ0v) is 41.4. The molecule has 0 spiro atoms. The van der Waals surface area contributed by atoms with Gasteiger partial charge >= 0.3 is 54.4 Å². The fourth-order valence-corrected chi connectivity index (χ4v) is 7.49. The molecule has 1 saturated heterocycles. The fourth-order valence-electron chi connectivity index (χ4n) is 7.49. The summed E-state index contributed by atoms with van der Waals surface area (Å²) in [5.74, 6) is -25.8. The standard InChI is InChI=1S/C42H65F21N2O6/c1-28(2,23-64(19-16-32(9,10)69-21-18-30(5,6)67-13)24-34(44,38(50,51)52)70-27(43)36(46,47)40(56,57)58)22-33(11)26(14-15-31(7,8)68-20-17-29(3,4)66-12)65(33)25-35(45,39(53,54)55)71-42(62,63)37(48,49)41(59,60)61/h26-27H,14-25H2,1-13H3. The zero-order valence-electron chi connectivity index (χ0n) is 41.4. The maximum absolute atomic E-state index is 16.0. The molecule has 0 N–H and O–H groups in total. The van der Waals surface area contributed by atoms with Crippen molar-refractivity contribution in [1.29, 1.82) is 0 Å². The quantitative estimate of drug-likeness (QED) is 0.0521. The summed E-state index contributed by atoms with van der Waals surface area (Å²) in [6.45, 7) is 8.80. The second-order valence-corrected chi connectivity index (χ2v) is 21.2. The predicted octanol–water partition coefficient (Wildman–Crippen LogP) is 13.3. The third-order valence-electron chi connectivity index (χ3n) is 12.3. The Morgan fingerprint density at radius 2 is 0.958 bits per heavy atom. The minimum Gasteiger partial charge on any atom is -0.379 e. The lowest BCUT2D eigenvalue weighted by Crippen LogP contribution is -2.61. The molecule has 0 saturated carbocycles. The zero-order chi connectivity index (χ0) is 56.5. The molecule has 1 fully saturated rings. The molecule has 0 radical (unpaired) electrons. The molecule has 0 amide bonds. The molecule has 426 valence electrons. The van der Waals surface area contributed by atoms with Crippen LogP contribution in [0, 0.1) is 5.41 Å². The van der Waals surface area contributed by atoms with Crippen molar-refractivity contribution in [2.75, 3.05) is 53.6 Å². The van der Waals surface area contributed by atoms with Crippen molar-refractivity contribution in [1.82, 2.24) is 9.80 Å². The van der Waals surface area contributed by atoms with Crippen LogP contribution in [-0.2, 0) is 28.4 Å². The van der Waals surface area contributed by atoms with Gasteiger partial charge in [-0.1, -0.05) is 13.8 Å². The van der Waals surface area contributed by atoms with E-state index in [-0.39, 0.29) is 32.5 Å². The summed E-state index contributed by atoms with van der Waals surface area (Å²) in [5.41, 5.74) is -7.98. The van der Waals surface area contributed by atoms with Gasteiger partial charge in [0, 0.05) is 38.9 Å². The van der Waals surface area contributed by atoms with Crippen molar-refractivity contribution in [3.63, 3.8) is 0 Å². The van der Waals surface area contributed by atoms with E-state index in [0.29, 0.717) is 9.80 Å². The molecule has 29 heteroatoms. The summed E-state index contributed by atoms with van der Waals surface area (Å²) < 4.78 is 323. The van der Waals surface area contributed by atoms with Crippen LogP contribution < -0.4 is 0 Å². The van der Waals surface area contributed by atoms with Crippen LogP contribution in [0.1, 0.15) is 115 Å². The Kier molecular flexibility index (Phi) is 20.9. The lowest BCUT2D eigenvalue weighted by molar-refractivity contribution is -0.483. The van der Waals surface area contributed by atoms with Crippen LogP contribution >= 0.6 is 0 Å². The SMILES string of the molecule is COC(C)(C)CCOC(C)(C)CCC1N(CC(F)(OC(F)(F)C(F)(F)C(F)(F)F)C(F)(F)F)C1(C)CC(C)(C)CN(CCC(C)(C)OCCC(C)(C)OC)CC(F)(OC(F)C(F)(F)C(F)(F)F)C(F)(F)F. The van der Waals surface area contributed by atoms with Gasteiger partial charge < -0.3 is 18.9 Å². The first-order chi connectivity index (χ1) is 31.0. The van der Waals surface area contributed by atoms with Crippen molar-refractivity contribution in [2.24, 2.45) is 5.41 Å². The van der Waals surface area contributed by atoms with E-state index in [1.54, 1.807) is 27.7 Å². The van der Waals surface area contributed by atoms with Crippen molar-refractivity contribution < 1.29 is 121 Å². The van der Waals surface area contributed by atoms with Gasteiger partial charge in [0.25, 0.3) is 6.36 Å². The number of methoxy groups -OCH3 is 2. The smallest absolute Gasteiger partial charge is 0.379 e. The van der Waals surface area contributed by atoms with Crippen LogP contribution in [0.2, 0.25) is 0 Å². The number of nitrogens with zero attached hydrogens (tertiary/aromatic N) is 2. The van der Waals surface area contributed by atoms with Gasteiger partial charge in [-0.2, -0.15) is 79.0 Å². The number of alkyl halides is 21. The maximum Gasteiger partial charge on any atom is 0.462 e. The Morgan fingerprint density at radius 3 is 1.34 bits per heavy atom. The van der Waals surface area contributed by atoms with Gasteiger partial charge in [0.15, 0.2) is 0 Å². The monoisotopic (exact) mass is 1090 g/mol. The Labute approximate surface area is 398 Å². The number of halogens is 21. The van der Waals surface area contributed by atoms with E-state index in [1.165, 1.54) is 41.9 Å². The molecule has 71 heavy (non-hydrogen) atoms. The minimum absolute atomic E-state index is 0.0119. The number of hydrogen-bond acceptors (Lipinski definition) is 8. The molecule has 1 rings (SSSR count). The Bertz CT molecular complexity index is 1690. The first-order valence-corrected chi connectivity index (χ1v) is 21.7. The average molecular weight is 1090 g/mol. The minimum atomic E-state index is -7.40. The van der Waals surface area contributed by atoms with Crippen molar-refractivity contribution in [3.8, 4) is 0 Å². The van der Waals surface area contributed by atoms with Crippen LogP contribution in [-0.4, -0.2) is 158 Å². The molecule has 0 aromatic heterocycles. The Morgan fingerprint density at radius 1 is 0.535 bits per heavy atom. The van der Waals surface area contributed by atoms with E-state index >= 15 is 8.78 Å². The summed E-state index contributed by atoms with van der Waals surface area (Å²) in [6, 6.07) is -1.51. The summed E-state index contributed by atoms with van der Waals surface area (Å²) in [4.78, 5) is 0.805. The molecule has 1 heterocycles. The molecule has 1 aliphatic heterocycles. The van der Waals surface area contributed by atoms with Gasteiger partial charge in [0.2, 0.25) is 0 Å². The van der Waals surface area contributed by atoms with Gasteiger partial charge in [0.1, 0.15) is 0 Å². The second kappa shape index (κ2) is 22.0. The van der Waals surface area contributed by atoms with Gasteiger partial charge in [0.05, 0.1) is 48.7 Å². The van der Waals surface area contributed by atoms with E-state index in [2.05, 4.69) is 9.47 Å². The molecule has 0 aromatic rings. The molecular formula is C42H65F21N2O6. The molecule has 0 bridgehead atoms. The van der Waals surface area contributed by atoms with E-state index < -0.39 is 146 Å². The highest BCUT2D eigenvalue weighted by Crippen LogP contribution is 2.57. The molecule has 8 nitrogen and oxygen atoms in total. The Balaban J connectivity index is 3.91. The summed E-state index contributed by atoms with van der Waals surface area (Å²) in [7, 11) is 2.76. The van der Waals surface area contributed by atoms with Gasteiger partial charge in [-0.05, 0) is 106 Å². The highest BCUT2D eigenvalue weighted by molar-refractivity contribution is 5.17. The maximum atomic E-state index is 16.0. The molecule has 6 atom stereocenters. The van der Waals surface area contributed by atoms with Crippen LogP contribution in [0.3, 0.4) is 0 Å². The Hall–Kier alpha value is -1.79. The van der Waals surface area contributed by atoms with Crippen LogP contribution in [0.15, 0.2) is 0 Å². The average Bonchev–Trinajstić information content (AvgIpc) is 3.67. The van der Waals surface area contributed by atoms with Crippen LogP contribution in [0.4, 0.5) is 92.2 Å². The number of hydrogen-bond donors (Lipinski definition) is 0. The molecule has 0 aliphatic carbocycles. The summed E-state index contributed by atoms with van der Waals surface area (Å²) in [6.07, 6.45) is -41.3. The highest BCUT2D eigenvalue weighted by Gasteiger charge is 2.79. The molecular weight excluding hydrogens is 1030 g/mol. The lowest BCUT2D eigenvalue weighted by atomic mass is 9.80. The first-order valence-electron chi connectivity index (χ1n) is 21.7. The normalized spacial score (nSPS) is 22.2. The van der Waals surface area contributed by atoms with Crippen molar-refractivity contribution in [2.45, 2.75) is 209 Å². The van der Waals surface area contributed by atoms with Gasteiger partial charge in [-0.25, -0.2) is 13.2 Å². The fraction of sp³-hybridized carbons (Fsp3) is 1.00. The van der Waals surface area contributed by atoms with E-state index in [9.17, 15) is 83.4 Å². The van der Waals surface area contributed by atoms with Gasteiger partial charge in [-0.15, -0.1) is 0 Å². The molecule has 0 aromatic carbocycles. The highest BCUT2D eigenvalue weighted by atomic mass is 19.4. The number of rotatable bonds is 30. The van der Waals surface area contributed by atoms with E-state index in [0.717, 1.165) is 20.8 Å². The van der Waals surface area contributed by atoms with Gasteiger partial charge in [-0.3, -0.25) is 19.3 Å². The van der Waals surface area contributed by atoms with Crippen molar-refractivity contribution in [3.05, 3.63) is 0 Å². The summed E-state index contributed by atoms with van der Waals surface area (Å²) in [5, 5.41) is 0. The van der Waals surface area contributed by atoms with Crippen LogP contribution in [0.25, 0.3) is 0 Å². The van der Waals surface area contributed by atoms with Crippen LogP contribution in [0.5, 0.6) is 0 Å². The predicted molar refractivity (Wildman–Crippen MR) is 213 cm³/mol. The third kappa shape index (κ3) is 17.9. The molecule has 1 aliphatic rings.